The molecule has 0 aliphatic heterocycles. The fraction of sp³-hybridized carbons (Fsp3) is 0.400. The zero-order chi connectivity index (χ0) is 23.4. The number of imidazole rings is 1. The van der Waals surface area contributed by atoms with Gasteiger partial charge in [-0.3, -0.25) is 0 Å². The fourth-order valence-corrected chi connectivity index (χ4v) is 3.63. The number of alkyl halides is 6. The molecule has 0 bridgehead atoms. The average Bonchev–Trinajstić information content (AvgIpc) is 3.13. The van der Waals surface area contributed by atoms with E-state index < -0.39 is 47.3 Å². The molecule has 1 fully saturated rings. The van der Waals surface area contributed by atoms with Crippen molar-refractivity contribution in [2.75, 3.05) is 0 Å². The van der Waals surface area contributed by atoms with Gasteiger partial charge in [0.1, 0.15) is 5.82 Å². The molecule has 0 spiro atoms. The standard InChI is InChI=1S/C20H18F6N4O2/c21-19(22,23)17(6-7-17)10-13-11-27-16(29-13)15(31)18(32,20(24,25)26)12-2-4-14(5-3-12)30-9-1-8-28-30/h1-5,8-9,11,15,31-32H,6-7,10H2,(H,27,29)/t15-,18-/m0/s1. The van der Waals surface area contributed by atoms with Crippen molar-refractivity contribution in [1.29, 1.82) is 0 Å². The summed E-state index contributed by atoms with van der Waals surface area (Å²) < 4.78 is 82.7. The second kappa shape index (κ2) is 7.34. The molecule has 4 rings (SSSR count). The molecule has 2 heterocycles. The van der Waals surface area contributed by atoms with E-state index in [0.29, 0.717) is 5.69 Å². The molecule has 0 radical (unpaired) electrons. The van der Waals surface area contributed by atoms with E-state index in [0.717, 1.165) is 18.3 Å². The van der Waals surface area contributed by atoms with Crippen LogP contribution < -0.4 is 0 Å². The zero-order valence-electron chi connectivity index (χ0n) is 16.3. The Morgan fingerprint density at radius 2 is 1.75 bits per heavy atom. The average molecular weight is 460 g/mol. The summed E-state index contributed by atoms with van der Waals surface area (Å²) in [5.74, 6) is -0.686. The van der Waals surface area contributed by atoms with Crippen LogP contribution in [0.15, 0.2) is 48.9 Å². The molecule has 0 amide bonds. The fourth-order valence-electron chi connectivity index (χ4n) is 3.63. The molecule has 3 aromatic rings. The second-order valence-electron chi connectivity index (χ2n) is 7.90. The third kappa shape index (κ3) is 3.66. The van der Waals surface area contributed by atoms with E-state index in [4.69, 9.17) is 0 Å². The molecule has 32 heavy (non-hydrogen) atoms. The van der Waals surface area contributed by atoms with Crippen LogP contribution in [0.2, 0.25) is 0 Å². The maximum atomic E-state index is 13.9. The predicted octanol–water partition coefficient (Wildman–Crippen LogP) is 3.96. The van der Waals surface area contributed by atoms with Gasteiger partial charge in [0.05, 0.1) is 16.8 Å². The summed E-state index contributed by atoms with van der Waals surface area (Å²) in [5.41, 5.74) is -6.10. The Morgan fingerprint density at radius 3 is 2.25 bits per heavy atom. The number of aromatic nitrogens is 4. The highest BCUT2D eigenvalue weighted by molar-refractivity contribution is 5.38. The Morgan fingerprint density at radius 1 is 1.09 bits per heavy atom. The maximum absolute atomic E-state index is 13.9. The third-order valence-electron chi connectivity index (χ3n) is 5.79. The monoisotopic (exact) mass is 460 g/mol. The smallest absolute Gasteiger partial charge is 0.381 e. The van der Waals surface area contributed by atoms with Crippen LogP contribution in [-0.2, 0) is 12.0 Å². The summed E-state index contributed by atoms with van der Waals surface area (Å²) in [6.45, 7) is 0. The number of hydrogen-bond donors (Lipinski definition) is 3. The Hall–Kier alpha value is -2.86. The SMILES string of the molecule is O[C@@H](c1nc(CC2(C(F)(F)F)CC2)c[nH]1)[C@@](O)(c1ccc(-n2cccn2)cc1)C(F)(F)F. The third-order valence-corrected chi connectivity index (χ3v) is 5.79. The molecule has 3 N–H and O–H groups in total. The number of halogens is 6. The highest BCUT2D eigenvalue weighted by Gasteiger charge is 2.63. The van der Waals surface area contributed by atoms with Crippen LogP contribution in [0.4, 0.5) is 26.3 Å². The summed E-state index contributed by atoms with van der Waals surface area (Å²) in [4.78, 5) is 6.02. The molecule has 1 saturated carbocycles. The Balaban J connectivity index is 1.63. The van der Waals surface area contributed by atoms with Crippen LogP contribution in [0, 0.1) is 5.41 Å². The van der Waals surface area contributed by atoms with Gasteiger partial charge in [-0.1, -0.05) is 12.1 Å². The minimum Gasteiger partial charge on any atom is -0.381 e. The van der Waals surface area contributed by atoms with Gasteiger partial charge in [0.15, 0.2) is 6.10 Å². The van der Waals surface area contributed by atoms with Crippen LogP contribution in [0.3, 0.4) is 0 Å². The number of nitrogens with one attached hydrogen (secondary N) is 1. The van der Waals surface area contributed by atoms with Gasteiger partial charge in [0.2, 0.25) is 5.60 Å². The number of benzene rings is 1. The van der Waals surface area contributed by atoms with Crippen LogP contribution in [0.1, 0.15) is 36.0 Å². The van der Waals surface area contributed by atoms with Crippen molar-refractivity contribution in [2.45, 2.75) is 43.3 Å². The molecule has 172 valence electrons. The van der Waals surface area contributed by atoms with E-state index in [1.54, 1.807) is 12.3 Å². The normalized spacial score (nSPS) is 18.9. The van der Waals surface area contributed by atoms with Gasteiger partial charge in [0.25, 0.3) is 0 Å². The Bertz CT molecular complexity index is 1070. The number of aromatic amines is 1. The molecule has 2 aromatic heterocycles. The minimum atomic E-state index is -5.32. The molecule has 2 atom stereocenters. The first-order valence-corrected chi connectivity index (χ1v) is 9.56. The summed E-state index contributed by atoms with van der Waals surface area (Å²) in [6.07, 6.45) is -9.06. The van der Waals surface area contributed by atoms with Gasteiger partial charge in [-0.15, -0.1) is 0 Å². The van der Waals surface area contributed by atoms with E-state index in [2.05, 4.69) is 15.1 Å². The molecule has 0 saturated heterocycles. The highest BCUT2D eigenvalue weighted by atomic mass is 19.4. The van der Waals surface area contributed by atoms with Crippen molar-refractivity contribution in [2.24, 2.45) is 5.41 Å². The number of H-pyrrole nitrogens is 1. The number of aliphatic hydroxyl groups excluding tert-OH is 1. The highest BCUT2D eigenvalue weighted by Crippen LogP contribution is 2.59. The zero-order valence-corrected chi connectivity index (χ0v) is 16.3. The van der Waals surface area contributed by atoms with Crippen LogP contribution in [-0.4, -0.2) is 42.3 Å². The van der Waals surface area contributed by atoms with Crippen molar-refractivity contribution in [1.82, 2.24) is 19.7 Å². The van der Waals surface area contributed by atoms with Crippen LogP contribution in [0.25, 0.3) is 5.69 Å². The summed E-state index contributed by atoms with van der Waals surface area (Å²) in [7, 11) is 0. The van der Waals surface area contributed by atoms with E-state index in [1.165, 1.54) is 23.0 Å². The molecule has 1 aromatic carbocycles. The molecule has 1 aliphatic rings. The molecule has 1 aliphatic carbocycles. The van der Waals surface area contributed by atoms with Crippen LogP contribution >= 0.6 is 0 Å². The summed E-state index contributed by atoms with van der Waals surface area (Å²) in [5, 5.41) is 25.0. The lowest BCUT2D eigenvalue weighted by Crippen LogP contribution is -2.47. The largest absolute Gasteiger partial charge is 0.424 e. The number of nitrogens with zero attached hydrogens (tertiary/aromatic N) is 3. The van der Waals surface area contributed by atoms with Gasteiger partial charge in [-0.05, 0) is 36.6 Å². The van der Waals surface area contributed by atoms with Gasteiger partial charge >= 0.3 is 12.4 Å². The summed E-state index contributed by atoms with van der Waals surface area (Å²) in [6, 6.07) is 6.14. The van der Waals surface area contributed by atoms with Gasteiger partial charge in [0, 0.05) is 25.0 Å². The predicted molar refractivity (Wildman–Crippen MR) is 98.5 cm³/mol. The molecule has 0 unspecified atom stereocenters. The van der Waals surface area contributed by atoms with Gasteiger partial charge < -0.3 is 15.2 Å². The van der Waals surface area contributed by atoms with Crippen molar-refractivity contribution < 1.29 is 36.6 Å². The van der Waals surface area contributed by atoms with Crippen molar-refractivity contribution in [3.63, 3.8) is 0 Å². The van der Waals surface area contributed by atoms with E-state index in [-0.39, 0.29) is 18.5 Å². The molecule has 12 heteroatoms. The first-order valence-electron chi connectivity index (χ1n) is 9.56. The second-order valence-corrected chi connectivity index (χ2v) is 7.90. The van der Waals surface area contributed by atoms with E-state index in [1.807, 2.05) is 0 Å². The molecular formula is C20H18F6N4O2. The maximum Gasteiger partial charge on any atom is 0.424 e. The van der Waals surface area contributed by atoms with Gasteiger partial charge in [-0.2, -0.15) is 31.4 Å². The first-order chi connectivity index (χ1) is 14.9. The molecular weight excluding hydrogens is 442 g/mol. The van der Waals surface area contributed by atoms with Gasteiger partial charge in [-0.25, -0.2) is 9.67 Å². The lowest BCUT2D eigenvalue weighted by atomic mass is 9.86. The topological polar surface area (TPSA) is 87.0 Å². The number of aliphatic hydroxyl groups is 2. The minimum absolute atomic E-state index is 0.101. The van der Waals surface area contributed by atoms with E-state index in [9.17, 15) is 36.6 Å². The van der Waals surface area contributed by atoms with E-state index >= 15 is 0 Å². The van der Waals surface area contributed by atoms with Crippen molar-refractivity contribution >= 4 is 0 Å². The Labute approximate surface area is 177 Å². The lowest BCUT2D eigenvalue weighted by Gasteiger charge is -2.34. The summed E-state index contributed by atoms with van der Waals surface area (Å²) >= 11 is 0. The lowest BCUT2D eigenvalue weighted by molar-refractivity contribution is -0.301. The molecule has 6 nitrogen and oxygen atoms in total. The van der Waals surface area contributed by atoms with Crippen molar-refractivity contribution in [3.8, 4) is 5.69 Å². The number of rotatable bonds is 6. The quantitative estimate of drug-likeness (QED) is 0.486. The Kier molecular flexibility index (Phi) is 5.12. The number of hydrogen-bond acceptors (Lipinski definition) is 4. The van der Waals surface area contributed by atoms with Crippen LogP contribution in [0.5, 0.6) is 0 Å². The first kappa shape index (κ1) is 22.3. The van der Waals surface area contributed by atoms with Crippen molar-refractivity contribution in [3.05, 3.63) is 66.0 Å².